The fourth-order valence-corrected chi connectivity index (χ4v) is 3.31. The van der Waals surface area contributed by atoms with Crippen LogP contribution in [-0.4, -0.2) is 13.0 Å². The predicted octanol–water partition coefficient (Wildman–Crippen LogP) is 3.57. The van der Waals surface area contributed by atoms with Crippen molar-refractivity contribution >= 4 is 5.91 Å². The molecule has 1 N–H and O–H groups in total. The number of rotatable bonds is 6. The number of methoxy groups -OCH3 is 1. The molecular weight excluding hydrogens is 286 g/mol. The Morgan fingerprint density at radius 2 is 1.70 bits per heavy atom. The van der Waals surface area contributed by atoms with Gasteiger partial charge in [0.15, 0.2) is 0 Å². The summed E-state index contributed by atoms with van der Waals surface area (Å²) in [6.45, 7) is 1.11. The molecule has 0 unspecified atom stereocenters. The van der Waals surface area contributed by atoms with Gasteiger partial charge in [-0.15, -0.1) is 0 Å². The molecule has 0 saturated heterocycles. The lowest BCUT2D eigenvalue weighted by Crippen LogP contribution is -2.49. The summed E-state index contributed by atoms with van der Waals surface area (Å²) in [6.07, 6.45) is 2.98. The number of nitrogens with one attached hydrogen (secondary N) is 1. The highest BCUT2D eigenvalue weighted by Crippen LogP contribution is 2.43. The molecule has 0 aromatic heterocycles. The maximum atomic E-state index is 12.8. The summed E-state index contributed by atoms with van der Waals surface area (Å²) in [5.74, 6) is 0.141. The molecular formula is C20H23NO2. The molecule has 0 aliphatic heterocycles. The highest BCUT2D eigenvalue weighted by atomic mass is 16.5. The maximum Gasteiger partial charge on any atom is 0.230 e. The van der Waals surface area contributed by atoms with Gasteiger partial charge in [-0.3, -0.25) is 4.79 Å². The highest BCUT2D eigenvalue weighted by Gasteiger charge is 2.45. The zero-order valence-corrected chi connectivity index (χ0v) is 13.5. The van der Waals surface area contributed by atoms with Crippen LogP contribution in [-0.2, 0) is 28.1 Å². The van der Waals surface area contributed by atoms with Crippen molar-refractivity contribution in [1.29, 1.82) is 0 Å². The molecule has 3 heteroatoms. The first kappa shape index (κ1) is 15.8. The molecule has 1 saturated carbocycles. The van der Waals surface area contributed by atoms with Crippen molar-refractivity contribution in [3.05, 3.63) is 71.3 Å². The van der Waals surface area contributed by atoms with E-state index in [4.69, 9.17) is 4.74 Å². The van der Waals surface area contributed by atoms with Crippen LogP contribution < -0.4 is 5.32 Å². The van der Waals surface area contributed by atoms with E-state index in [0.717, 1.165) is 36.0 Å². The molecule has 0 bridgehead atoms. The van der Waals surface area contributed by atoms with Crippen LogP contribution in [0.15, 0.2) is 54.6 Å². The molecule has 0 spiro atoms. The van der Waals surface area contributed by atoms with Crippen LogP contribution in [0.2, 0.25) is 0 Å². The molecule has 1 aliphatic rings. The van der Waals surface area contributed by atoms with Gasteiger partial charge in [0.25, 0.3) is 0 Å². The molecule has 0 heterocycles. The fourth-order valence-electron chi connectivity index (χ4n) is 3.31. The third-order valence-electron chi connectivity index (χ3n) is 4.83. The number of carbonyl (C=O) groups is 1. The van der Waals surface area contributed by atoms with Gasteiger partial charge in [0.1, 0.15) is 0 Å². The van der Waals surface area contributed by atoms with Crippen molar-refractivity contribution in [2.75, 3.05) is 7.11 Å². The minimum atomic E-state index is -0.336. The van der Waals surface area contributed by atoms with Gasteiger partial charge in [0.2, 0.25) is 5.91 Å². The second-order valence-corrected chi connectivity index (χ2v) is 6.19. The largest absolute Gasteiger partial charge is 0.380 e. The molecule has 0 radical (unpaired) electrons. The number of amides is 1. The molecule has 3 nitrogen and oxygen atoms in total. The van der Waals surface area contributed by atoms with Crippen LogP contribution in [0.3, 0.4) is 0 Å². The molecule has 1 fully saturated rings. The van der Waals surface area contributed by atoms with E-state index in [9.17, 15) is 4.79 Å². The van der Waals surface area contributed by atoms with Gasteiger partial charge in [0.05, 0.1) is 12.0 Å². The van der Waals surface area contributed by atoms with Crippen LogP contribution in [0.5, 0.6) is 0 Å². The quantitative estimate of drug-likeness (QED) is 0.886. The van der Waals surface area contributed by atoms with Crippen LogP contribution >= 0.6 is 0 Å². The molecule has 23 heavy (non-hydrogen) atoms. The molecule has 0 atom stereocenters. The molecule has 1 aliphatic carbocycles. The van der Waals surface area contributed by atoms with Gasteiger partial charge < -0.3 is 10.1 Å². The van der Waals surface area contributed by atoms with Crippen LogP contribution in [0.1, 0.15) is 36.0 Å². The first-order valence-corrected chi connectivity index (χ1v) is 8.16. The predicted molar refractivity (Wildman–Crippen MR) is 91.0 cm³/mol. The smallest absolute Gasteiger partial charge is 0.230 e. The van der Waals surface area contributed by atoms with E-state index in [0.29, 0.717) is 13.2 Å². The summed E-state index contributed by atoms with van der Waals surface area (Å²) in [5.41, 5.74) is 3.04. The second kappa shape index (κ2) is 6.97. The Kier molecular flexibility index (Phi) is 4.77. The van der Waals surface area contributed by atoms with Gasteiger partial charge in [-0.25, -0.2) is 0 Å². The zero-order chi connectivity index (χ0) is 16.1. The zero-order valence-electron chi connectivity index (χ0n) is 13.5. The van der Waals surface area contributed by atoms with Crippen LogP contribution in [0, 0.1) is 0 Å². The number of ether oxygens (including phenoxy) is 1. The van der Waals surface area contributed by atoms with Crippen molar-refractivity contribution in [1.82, 2.24) is 5.32 Å². The summed E-state index contributed by atoms with van der Waals surface area (Å²) < 4.78 is 5.23. The SMILES string of the molecule is COCc1ccccc1CNC(=O)C1(c2ccccc2)CCC1. The Morgan fingerprint density at radius 3 is 2.30 bits per heavy atom. The Labute approximate surface area is 137 Å². The van der Waals surface area contributed by atoms with E-state index >= 15 is 0 Å². The number of hydrogen-bond acceptors (Lipinski definition) is 2. The lowest BCUT2D eigenvalue weighted by Gasteiger charge is -2.40. The van der Waals surface area contributed by atoms with E-state index in [1.807, 2.05) is 42.5 Å². The Morgan fingerprint density at radius 1 is 1.04 bits per heavy atom. The van der Waals surface area contributed by atoms with E-state index in [1.54, 1.807) is 7.11 Å². The molecule has 2 aromatic rings. The van der Waals surface area contributed by atoms with Crippen molar-refractivity contribution in [2.45, 2.75) is 37.8 Å². The molecule has 2 aromatic carbocycles. The maximum absolute atomic E-state index is 12.8. The van der Waals surface area contributed by atoms with Crippen molar-refractivity contribution in [3.8, 4) is 0 Å². The number of benzene rings is 2. The molecule has 1 amide bonds. The average molecular weight is 309 g/mol. The van der Waals surface area contributed by atoms with Gasteiger partial charge in [-0.2, -0.15) is 0 Å². The van der Waals surface area contributed by atoms with Gasteiger partial charge in [-0.05, 0) is 29.5 Å². The minimum absolute atomic E-state index is 0.141. The van der Waals surface area contributed by atoms with Crippen molar-refractivity contribution < 1.29 is 9.53 Å². The topological polar surface area (TPSA) is 38.3 Å². The van der Waals surface area contributed by atoms with Gasteiger partial charge >= 0.3 is 0 Å². The summed E-state index contributed by atoms with van der Waals surface area (Å²) >= 11 is 0. The normalized spacial score (nSPS) is 15.7. The standard InChI is InChI=1S/C20H23NO2/c1-23-15-17-9-6-5-8-16(17)14-21-19(22)20(12-7-13-20)18-10-3-2-4-11-18/h2-6,8-11H,7,12-15H2,1H3,(H,21,22). The third-order valence-corrected chi connectivity index (χ3v) is 4.83. The molecule has 3 rings (SSSR count). The summed E-state index contributed by atoms with van der Waals surface area (Å²) in [5, 5.41) is 3.14. The second-order valence-electron chi connectivity index (χ2n) is 6.19. The van der Waals surface area contributed by atoms with Crippen LogP contribution in [0.4, 0.5) is 0 Å². The summed E-state index contributed by atoms with van der Waals surface area (Å²) in [4.78, 5) is 12.8. The first-order chi connectivity index (χ1) is 11.3. The number of hydrogen-bond donors (Lipinski definition) is 1. The monoisotopic (exact) mass is 309 g/mol. The first-order valence-electron chi connectivity index (χ1n) is 8.16. The highest BCUT2D eigenvalue weighted by molar-refractivity contribution is 5.89. The Hall–Kier alpha value is -2.13. The van der Waals surface area contributed by atoms with E-state index < -0.39 is 0 Å². The lowest BCUT2D eigenvalue weighted by molar-refractivity contribution is -0.130. The van der Waals surface area contributed by atoms with E-state index in [1.165, 1.54) is 0 Å². The molecule has 120 valence electrons. The van der Waals surface area contributed by atoms with Crippen molar-refractivity contribution in [2.24, 2.45) is 0 Å². The fraction of sp³-hybridized carbons (Fsp3) is 0.350. The van der Waals surface area contributed by atoms with Gasteiger partial charge in [-0.1, -0.05) is 61.0 Å². The Balaban J connectivity index is 1.72. The third kappa shape index (κ3) is 3.15. The van der Waals surface area contributed by atoms with E-state index in [2.05, 4.69) is 17.4 Å². The van der Waals surface area contributed by atoms with Crippen molar-refractivity contribution in [3.63, 3.8) is 0 Å². The number of carbonyl (C=O) groups excluding carboxylic acids is 1. The lowest BCUT2D eigenvalue weighted by atomic mass is 9.64. The van der Waals surface area contributed by atoms with Gasteiger partial charge in [0, 0.05) is 13.7 Å². The van der Waals surface area contributed by atoms with Crippen LogP contribution in [0.25, 0.3) is 0 Å². The van der Waals surface area contributed by atoms with E-state index in [-0.39, 0.29) is 11.3 Å². The average Bonchev–Trinajstić information content (AvgIpc) is 2.54. The Bertz CT molecular complexity index is 662. The summed E-state index contributed by atoms with van der Waals surface area (Å²) in [6, 6.07) is 18.2. The summed E-state index contributed by atoms with van der Waals surface area (Å²) in [7, 11) is 1.69. The minimum Gasteiger partial charge on any atom is -0.380 e.